The van der Waals surface area contributed by atoms with Crippen LogP contribution in [0.4, 0.5) is 5.69 Å². The summed E-state index contributed by atoms with van der Waals surface area (Å²) < 4.78 is 38.1. The van der Waals surface area contributed by atoms with E-state index < -0.39 is 10.0 Å². The topological polar surface area (TPSA) is 96.5 Å². The van der Waals surface area contributed by atoms with Crippen LogP contribution in [-0.4, -0.2) is 82.0 Å². The Hall–Kier alpha value is -2.17. The van der Waals surface area contributed by atoms with Gasteiger partial charge in [-0.1, -0.05) is 12.8 Å². The summed E-state index contributed by atoms with van der Waals surface area (Å²) >= 11 is 0. The van der Waals surface area contributed by atoms with Gasteiger partial charge < -0.3 is 14.4 Å². The third kappa shape index (κ3) is 4.30. The number of nitrogens with zero attached hydrogens (tertiary/aromatic N) is 3. The lowest BCUT2D eigenvalue weighted by molar-refractivity contribution is -0.132. The lowest BCUT2D eigenvalue weighted by atomic mass is 10.2. The van der Waals surface area contributed by atoms with Gasteiger partial charge in [-0.15, -0.1) is 0 Å². The molecule has 4 rings (SSSR count). The molecule has 0 aromatic heterocycles. The van der Waals surface area contributed by atoms with Crippen molar-refractivity contribution in [3.8, 4) is 5.75 Å². The van der Waals surface area contributed by atoms with E-state index in [-0.39, 0.29) is 43.0 Å². The molecule has 1 aromatic carbocycles. The summed E-state index contributed by atoms with van der Waals surface area (Å²) in [5.41, 5.74) is 0.323. The minimum atomic E-state index is -3.73. The largest absolute Gasteiger partial charge is 0.482 e. The number of rotatable bonds is 4. The number of sulfonamides is 1. The molecule has 2 amide bonds. The number of carbonyl (C=O) groups is 2. The fraction of sp³-hybridized carbons (Fsp3) is 0.600. The molecule has 3 aliphatic heterocycles. The summed E-state index contributed by atoms with van der Waals surface area (Å²) in [6.45, 7) is 2.36. The van der Waals surface area contributed by atoms with Gasteiger partial charge in [0, 0.05) is 26.2 Å². The molecule has 0 unspecified atom stereocenters. The van der Waals surface area contributed by atoms with Crippen LogP contribution in [0.2, 0.25) is 0 Å². The Morgan fingerprint density at radius 2 is 1.70 bits per heavy atom. The molecule has 3 aliphatic rings. The Bertz CT molecular complexity index is 905. The first kappa shape index (κ1) is 21.1. The lowest BCUT2D eigenvalue weighted by Gasteiger charge is -2.32. The highest BCUT2D eigenvalue weighted by atomic mass is 32.2. The fourth-order valence-corrected chi connectivity index (χ4v) is 5.44. The van der Waals surface area contributed by atoms with Crippen LogP contribution < -0.4 is 9.64 Å². The molecule has 0 spiro atoms. The van der Waals surface area contributed by atoms with Crippen molar-refractivity contribution in [2.75, 3.05) is 57.4 Å². The Kier molecular flexibility index (Phi) is 6.26. The van der Waals surface area contributed by atoms with Gasteiger partial charge in [-0.2, -0.15) is 4.31 Å². The molecule has 3 heterocycles. The SMILES string of the molecule is O=C(CN1C(=O)COc2ccc(S(=O)(=O)N3CCOCC3)cc21)N1CCCCCC1. The maximum atomic E-state index is 13.0. The highest BCUT2D eigenvalue weighted by Crippen LogP contribution is 2.35. The van der Waals surface area contributed by atoms with Crippen LogP contribution in [0.1, 0.15) is 25.7 Å². The summed E-state index contributed by atoms with van der Waals surface area (Å²) in [4.78, 5) is 28.6. The van der Waals surface area contributed by atoms with E-state index in [9.17, 15) is 18.0 Å². The van der Waals surface area contributed by atoms with Gasteiger partial charge in [-0.25, -0.2) is 8.42 Å². The van der Waals surface area contributed by atoms with Crippen molar-refractivity contribution in [1.82, 2.24) is 9.21 Å². The van der Waals surface area contributed by atoms with Gasteiger partial charge in [0.05, 0.1) is 23.8 Å². The van der Waals surface area contributed by atoms with Gasteiger partial charge in [0.1, 0.15) is 12.3 Å². The van der Waals surface area contributed by atoms with E-state index in [1.54, 1.807) is 11.0 Å². The molecule has 0 saturated carbocycles. The molecule has 0 N–H and O–H groups in total. The van der Waals surface area contributed by atoms with Gasteiger partial charge in [0.2, 0.25) is 15.9 Å². The molecular weight excluding hydrogens is 410 g/mol. The van der Waals surface area contributed by atoms with Gasteiger partial charge >= 0.3 is 0 Å². The van der Waals surface area contributed by atoms with E-state index in [0.717, 1.165) is 25.7 Å². The van der Waals surface area contributed by atoms with Crippen LogP contribution in [0.5, 0.6) is 5.75 Å². The average molecular weight is 438 g/mol. The Labute approximate surface area is 176 Å². The molecule has 0 radical (unpaired) electrons. The maximum absolute atomic E-state index is 13.0. The first-order valence-electron chi connectivity index (χ1n) is 10.4. The summed E-state index contributed by atoms with van der Waals surface area (Å²) in [6, 6.07) is 4.47. The molecule has 0 aliphatic carbocycles. The average Bonchev–Trinajstić information content (AvgIpc) is 3.05. The lowest BCUT2D eigenvalue weighted by Crippen LogP contribution is -2.47. The first-order valence-corrected chi connectivity index (χ1v) is 11.8. The number of morpholine rings is 1. The molecule has 1 aromatic rings. The second kappa shape index (κ2) is 8.91. The van der Waals surface area contributed by atoms with Crippen molar-refractivity contribution in [2.45, 2.75) is 30.6 Å². The molecule has 10 heteroatoms. The number of fused-ring (bicyclic) bond motifs is 1. The summed E-state index contributed by atoms with van der Waals surface area (Å²) in [5, 5.41) is 0. The van der Waals surface area contributed by atoms with E-state index in [0.29, 0.717) is 37.7 Å². The van der Waals surface area contributed by atoms with Gasteiger partial charge in [0.25, 0.3) is 5.91 Å². The predicted molar refractivity (Wildman–Crippen MR) is 109 cm³/mol. The summed E-state index contributed by atoms with van der Waals surface area (Å²) in [6.07, 6.45) is 4.13. The van der Waals surface area contributed by atoms with E-state index >= 15 is 0 Å². The first-order chi connectivity index (χ1) is 14.5. The third-order valence-corrected chi connectivity index (χ3v) is 7.63. The highest BCUT2D eigenvalue weighted by Gasteiger charge is 2.32. The molecule has 0 atom stereocenters. The van der Waals surface area contributed by atoms with Gasteiger partial charge in [0.15, 0.2) is 6.61 Å². The van der Waals surface area contributed by atoms with E-state index in [1.807, 2.05) is 0 Å². The minimum absolute atomic E-state index is 0.0775. The van der Waals surface area contributed by atoms with Crippen molar-refractivity contribution < 1.29 is 27.5 Å². The molecule has 9 nitrogen and oxygen atoms in total. The van der Waals surface area contributed by atoms with E-state index in [4.69, 9.17) is 9.47 Å². The van der Waals surface area contributed by atoms with Crippen LogP contribution in [-0.2, 0) is 24.3 Å². The van der Waals surface area contributed by atoms with Crippen molar-refractivity contribution in [2.24, 2.45) is 0 Å². The van der Waals surface area contributed by atoms with Crippen LogP contribution in [0, 0.1) is 0 Å². The molecule has 2 fully saturated rings. The highest BCUT2D eigenvalue weighted by molar-refractivity contribution is 7.89. The zero-order chi connectivity index (χ0) is 21.1. The fourth-order valence-electron chi connectivity index (χ4n) is 4.01. The summed E-state index contributed by atoms with van der Waals surface area (Å²) in [5.74, 6) is -0.0784. The quantitative estimate of drug-likeness (QED) is 0.693. The standard InChI is InChI=1S/C20H27N3O6S/c24-19(21-7-3-1-2-4-8-21)14-23-17-13-16(5-6-18(17)29-15-20(23)25)30(26,27)22-9-11-28-12-10-22/h5-6,13H,1-4,7-12,14-15H2. The smallest absolute Gasteiger partial charge is 0.265 e. The number of benzene rings is 1. The number of hydrogen-bond acceptors (Lipinski definition) is 6. The minimum Gasteiger partial charge on any atom is -0.482 e. The number of anilines is 1. The Balaban J connectivity index is 1.59. The van der Waals surface area contributed by atoms with Crippen LogP contribution in [0.3, 0.4) is 0 Å². The van der Waals surface area contributed by atoms with Crippen molar-refractivity contribution in [3.05, 3.63) is 18.2 Å². The Morgan fingerprint density at radius 3 is 2.40 bits per heavy atom. The number of likely N-dealkylation sites (tertiary alicyclic amines) is 1. The third-order valence-electron chi connectivity index (χ3n) is 5.73. The van der Waals surface area contributed by atoms with Crippen LogP contribution >= 0.6 is 0 Å². The predicted octanol–water partition coefficient (Wildman–Crippen LogP) is 0.835. The molecule has 0 bridgehead atoms. The van der Waals surface area contributed by atoms with Crippen LogP contribution in [0.15, 0.2) is 23.1 Å². The number of amides is 2. The zero-order valence-corrected chi connectivity index (χ0v) is 17.7. The number of carbonyl (C=O) groups excluding carboxylic acids is 2. The second-order valence-corrected chi connectivity index (χ2v) is 9.65. The van der Waals surface area contributed by atoms with Gasteiger partial charge in [-0.05, 0) is 31.0 Å². The summed E-state index contributed by atoms with van der Waals surface area (Å²) in [7, 11) is -3.73. The molecular formula is C20H27N3O6S. The van der Waals surface area contributed by atoms with Gasteiger partial charge in [-0.3, -0.25) is 14.5 Å². The number of hydrogen-bond donors (Lipinski definition) is 0. The Morgan fingerprint density at radius 1 is 1.00 bits per heavy atom. The van der Waals surface area contributed by atoms with Crippen LogP contribution in [0.25, 0.3) is 0 Å². The maximum Gasteiger partial charge on any atom is 0.265 e. The van der Waals surface area contributed by atoms with E-state index in [2.05, 4.69) is 0 Å². The molecule has 30 heavy (non-hydrogen) atoms. The van der Waals surface area contributed by atoms with Crippen molar-refractivity contribution in [3.63, 3.8) is 0 Å². The van der Waals surface area contributed by atoms with Crippen molar-refractivity contribution >= 4 is 27.5 Å². The molecule has 164 valence electrons. The monoisotopic (exact) mass is 437 g/mol. The normalized spacial score (nSPS) is 21.0. The van der Waals surface area contributed by atoms with E-state index in [1.165, 1.54) is 21.3 Å². The van der Waals surface area contributed by atoms with Crippen molar-refractivity contribution in [1.29, 1.82) is 0 Å². The zero-order valence-electron chi connectivity index (χ0n) is 16.9. The molecule has 2 saturated heterocycles. The second-order valence-electron chi connectivity index (χ2n) is 7.71. The number of ether oxygens (including phenoxy) is 2.